The Hall–Kier alpha value is -3.42. The van der Waals surface area contributed by atoms with Gasteiger partial charge in [0.15, 0.2) is 0 Å². The van der Waals surface area contributed by atoms with Gasteiger partial charge < -0.3 is 15.4 Å². The first-order valence-corrected chi connectivity index (χ1v) is 8.81. The molecule has 2 rings (SSSR count). The average molecular weight is 385 g/mol. The van der Waals surface area contributed by atoms with Crippen molar-refractivity contribution >= 4 is 17.5 Å². The first-order chi connectivity index (χ1) is 13.3. The number of non-ortho nitro benzene ring substituents is 1. The zero-order valence-electron chi connectivity index (χ0n) is 16.0. The number of aryl methyl sites for hydroxylation is 2. The van der Waals surface area contributed by atoms with Crippen molar-refractivity contribution in [2.24, 2.45) is 0 Å². The lowest BCUT2D eigenvalue weighted by Gasteiger charge is -2.15. The van der Waals surface area contributed by atoms with Gasteiger partial charge >= 0.3 is 0 Å². The first-order valence-electron chi connectivity index (χ1n) is 8.81. The molecule has 2 aromatic carbocycles. The van der Waals surface area contributed by atoms with Crippen LogP contribution in [0.2, 0.25) is 0 Å². The Morgan fingerprint density at radius 3 is 2.43 bits per heavy atom. The van der Waals surface area contributed by atoms with E-state index >= 15 is 0 Å². The van der Waals surface area contributed by atoms with Crippen LogP contribution in [0.25, 0.3) is 0 Å². The molecule has 0 radical (unpaired) electrons. The highest BCUT2D eigenvalue weighted by Crippen LogP contribution is 2.21. The third kappa shape index (κ3) is 5.54. The van der Waals surface area contributed by atoms with Crippen molar-refractivity contribution in [2.75, 3.05) is 13.2 Å². The van der Waals surface area contributed by atoms with Gasteiger partial charge in [0.25, 0.3) is 11.6 Å². The van der Waals surface area contributed by atoms with E-state index in [1.807, 2.05) is 32.0 Å². The molecule has 0 aliphatic rings. The number of nitrogens with zero attached hydrogens (tertiary/aromatic N) is 1. The number of ether oxygens (including phenoxy) is 1. The van der Waals surface area contributed by atoms with E-state index in [2.05, 4.69) is 10.6 Å². The highest BCUT2D eigenvalue weighted by Gasteiger charge is 2.18. The molecular weight excluding hydrogens is 362 g/mol. The molecule has 0 fully saturated rings. The minimum absolute atomic E-state index is 0.118. The van der Waals surface area contributed by atoms with Crippen LogP contribution in [0.1, 0.15) is 28.4 Å². The monoisotopic (exact) mass is 385 g/mol. The van der Waals surface area contributed by atoms with Crippen molar-refractivity contribution in [3.63, 3.8) is 0 Å². The topological polar surface area (TPSA) is 111 Å². The Labute approximate surface area is 163 Å². The fraction of sp³-hybridized carbons (Fsp3) is 0.300. The summed E-state index contributed by atoms with van der Waals surface area (Å²) in [4.78, 5) is 34.5. The number of carbonyl (C=O) groups is 2. The predicted molar refractivity (Wildman–Crippen MR) is 104 cm³/mol. The molecule has 2 amide bonds. The predicted octanol–water partition coefficient (Wildman–Crippen LogP) is 2.53. The van der Waals surface area contributed by atoms with Gasteiger partial charge in [-0.05, 0) is 38.0 Å². The quantitative estimate of drug-likeness (QED) is 0.412. The number of hydrogen-bond donors (Lipinski definition) is 2. The minimum atomic E-state index is -0.799. The number of benzene rings is 2. The van der Waals surface area contributed by atoms with Crippen LogP contribution in [0.3, 0.4) is 0 Å². The summed E-state index contributed by atoms with van der Waals surface area (Å²) < 4.78 is 5.72. The fourth-order valence-electron chi connectivity index (χ4n) is 2.61. The van der Waals surface area contributed by atoms with Gasteiger partial charge in [-0.25, -0.2) is 0 Å². The van der Waals surface area contributed by atoms with E-state index in [4.69, 9.17) is 4.74 Å². The van der Waals surface area contributed by atoms with Crippen LogP contribution >= 0.6 is 0 Å². The lowest BCUT2D eigenvalue weighted by atomic mass is 10.1. The van der Waals surface area contributed by atoms with Crippen LogP contribution in [0.15, 0.2) is 42.5 Å². The molecule has 1 atom stereocenters. The Morgan fingerprint density at radius 1 is 1.14 bits per heavy atom. The summed E-state index contributed by atoms with van der Waals surface area (Å²) in [7, 11) is 0. The second-order valence-corrected chi connectivity index (χ2v) is 6.36. The van der Waals surface area contributed by atoms with Gasteiger partial charge in [0.2, 0.25) is 5.91 Å². The molecule has 0 saturated carbocycles. The molecular formula is C20H23N3O5. The normalized spacial score (nSPS) is 11.4. The molecule has 0 bridgehead atoms. The fourth-order valence-corrected chi connectivity index (χ4v) is 2.61. The van der Waals surface area contributed by atoms with Gasteiger partial charge in [-0.1, -0.05) is 24.3 Å². The van der Waals surface area contributed by atoms with Crippen molar-refractivity contribution < 1.29 is 19.2 Å². The van der Waals surface area contributed by atoms with Crippen molar-refractivity contribution in [3.05, 3.63) is 69.3 Å². The van der Waals surface area contributed by atoms with Crippen molar-refractivity contribution in [1.82, 2.24) is 10.6 Å². The smallest absolute Gasteiger partial charge is 0.270 e. The lowest BCUT2D eigenvalue weighted by Crippen LogP contribution is -2.45. The molecule has 28 heavy (non-hydrogen) atoms. The summed E-state index contributed by atoms with van der Waals surface area (Å²) in [6.45, 7) is 6.02. The van der Waals surface area contributed by atoms with Crippen LogP contribution < -0.4 is 15.4 Å². The van der Waals surface area contributed by atoms with Gasteiger partial charge in [0, 0.05) is 17.7 Å². The van der Waals surface area contributed by atoms with Crippen molar-refractivity contribution in [2.45, 2.75) is 26.8 Å². The molecule has 0 aromatic heterocycles. The average Bonchev–Trinajstić information content (AvgIpc) is 2.66. The molecule has 2 N–H and O–H groups in total. The van der Waals surface area contributed by atoms with E-state index in [0.29, 0.717) is 6.61 Å². The molecule has 0 spiro atoms. The molecule has 0 aliphatic heterocycles. The van der Waals surface area contributed by atoms with Gasteiger partial charge in [-0.3, -0.25) is 19.7 Å². The van der Waals surface area contributed by atoms with E-state index in [9.17, 15) is 19.7 Å². The Balaban J connectivity index is 1.82. The number of nitrogens with one attached hydrogen (secondary N) is 2. The molecule has 8 nitrogen and oxygen atoms in total. The van der Waals surface area contributed by atoms with E-state index < -0.39 is 16.9 Å². The number of para-hydroxylation sites is 1. The molecule has 8 heteroatoms. The number of nitro groups is 1. The summed E-state index contributed by atoms with van der Waals surface area (Å²) in [5.41, 5.74) is 1.97. The molecule has 2 aromatic rings. The standard InChI is InChI=1S/C20H23N3O5/c1-13-6-4-7-14(2)18(13)28-11-10-21-19(24)15(3)22-20(25)16-8-5-9-17(12-16)23(26)27/h4-9,12,15H,10-11H2,1-3H3,(H,21,24)(H,22,25). The zero-order chi connectivity index (χ0) is 20.7. The van der Waals surface area contributed by atoms with Crippen LogP contribution in [-0.2, 0) is 4.79 Å². The number of nitro benzene ring substituents is 1. The van der Waals surface area contributed by atoms with Crippen molar-refractivity contribution in [1.29, 1.82) is 0 Å². The molecule has 148 valence electrons. The lowest BCUT2D eigenvalue weighted by molar-refractivity contribution is -0.384. The SMILES string of the molecule is Cc1cccc(C)c1OCCNC(=O)C(C)NC(=O)c1cccc([N+](=O)[O-])c1. The zero-order valence-corrected chi connectivity index (χ0v) is 16.0. The minimum Gasteiger partial charge on any atom is -0.491 e. The number of carbonyl (C=O) groups excluding carboxylic acids is 2. The van der Waals surface area contributed by atoms with E-state index in [-0.39, 0.29) is 23.7 Å². The second kappa shape index (κ2) is 9.50. The van der Waals surface area contributed by atoms with Crippen molar-refractivity contribution in [3.8, 4) is 5.75 Å². The van der Waals surface area contributed by atoms with E-state index in [0.717, 1.165) is 16.9 Å². The summed E-state index contributed by atoms with van der Waals surface area (Å²) in [6, 6.07) is 10.4. The van der Waals surface area contributed by atoms with Crippen LogP contribution in [0, 0.1) is 24.0 Å². The maximum Gasteiger partial charge on any atom is 0.270 e. The van der Waals surface area contributed by atoms with Crippen LogP contribution in [-0.4, -0.2) is 35.9 Å². The summed E-state index contributed by atoms with van der Waals surface area (Å²) in [5.74, 6) is -0.134. The highest BCUT2D eigenvalue weighted by molar-refractivity contribution is 5.97. The van der Waals surface area contributed by atoms with E-state index in [1.54, 1.807) is 0 Å². The van der Waals surface area contributed by atoms with Gasteiger partial charge in [-0.2, -0.15) is 0 Å². The van der Waals surface area contributed by atoms with Gasteiger partial charge in [-0.15, -0.1) is 0 Å². The van der Waals surface area contributed by atoms with Crippen LogP contribution in [0.4, 0.5) is 5.69 Å². The Morgan fingerprint density at radius 2 is 1.79 bits per heavy atom. The molecule has 0 saturated heterocycles. The highest BCUT2D eigenvalue weighted by atomic mass is 16.6. The van der Waals surface area contributed by atoms with Gasteiger partial charge in [0.1, 0.15) is 18.4 Å². The third-order valence-electron chi connectivity index (χ3n) is 4.12. The number of amides is 2. The van der Waals surface area contributed by atoms with Crippen LogP contribution in [0.5, 0.6) is 5.75 Å². The number of hydrogen-bond acceptors (Lipinski definition) is 5. The Bertz CT molecular complexity index is 862. The van der Waals surface area contributed by atoms with E-state index in [1.165, 1.54) is 31.2 Å². The maximum absolute atomic E-state index is 12.2. The first kappa shape index (κ1) is 20.9. The molecule has 1 unspecified atom stereocenters. The summed E-state index contributed by atoms with van der Waals surface area (Å²) in [6.07, 6.45) is 0. The Kier molecular flexibility index (Phi) is 7.08. The summed E-state index contributed by atoms with van der Waals surface area (Å²) in [5, 5.41) is 16.0. The molecule has 0 aliphatic carbocycles. The largest absolute Gasteiger partial charge is 0.491 e. The summed E-state index contributed by atoms with van der Waals surface area (Å²) >= 11 is 0. The third-order valence-corrected chi connectivity index (χ3v) is 4.12. The maximum atomic E-state index is 12.2. The second-order valence-electron chi connectivity index (χ2n) is 6.36. The van der Waals surface area contributed by atoms with Gasteiger partial charge in [0.05, 0.1) is 11.5 Å². The number of rotatable bonds is 8. The molecule has 0 heterocycles.